The molecule has 4 heterocycles. The summed E-state index contributed by atoms with van der Waals surface area (Å²) in [6.07, 6.45) is 1.97. The number of aromatic nitrogens is 2. The summed E-state index contributed by atoms with van der Waals surface area (Å²) in [5.74, 6) is 2.12. The van der Waals surface area contributed by atoms with E-state index < -0.39 is 10.8 Å². The predicted molar refractivity (Wildman–Crippen MR) is 132 cm³/mol. The summed E-state index contributed by atoms with van der Waals surface area (Å²) in [7, 11) is 0.736. The molecular weight excluding hydrogens is 460 g/mol. The molecule has 3 aliphatic heterocycles. The number of carbonyl (C=O) groups excluding carboxylic acids is 1. The zero-order valence-corrected chi connectivity index (χ0v) is 20.5. The van der Waals surface area contributed by atoms with Crippen LogP contribution in [-0.2, 0) is 22.0 Å². The molecule has 2 fully saturated rings. The molecule has 3 aliphatic rings. The Morgan fingerprint density at radius 3 is 2.64 bits per heavy atom. The van der Waals surface area contributed by atoms with Crippen molar-refractivity contribution in [1.82, 2.24) is 14.9 Å². The normalized spacial score (nSPS) is 25.4. The Labute approximate surface area is 201 Å². The lowest BCUT2D eigenvalue weighted by atomic mass is 10.1. The smallest absolute Gasteiger partial charge is 0.227 e. The molecule has 0 radical (unpaired) electrons. The minimum atomic E-state index is -1.09. The lowest BCUT2D eigenvalue weighted by Crippen LogP contribution is -2.52. The third-order valence-corrected chi connectivity index (χ3v) is 8.43. The summed E-state index contributed by atoms with van der Waals surface area (Å²) < 4.78 is 12.7. The number of aryl methyl sites for hydroxylation is 1. The van der Waals surface area contributed by atoms with Gasteiger partial charge in [0.15, 0.2) is 0 Å². The van der Waals surface area contributed by atoms with Gasteiger partial charge >= 0.3 is 0 Å². The van der Waals surface area contributed by atoms with Crippen LogP contribution in [0.1, 0.15) is 25.5 Å². The highest BCUT2D eigenvalue weighted by Crippen LogP contribution is 2.32. The second-order valence-electron chi connectivity index (χ2n) is 9.07. The van der Waals surface area contributed by atoms with Gasteiger partial charge in [0.05, 0.1) is 16.5 Å². The highest BCUT2D eigenvalue weighted by atomic mass is 35.5. The van der Waals surface area contributed by atoms with Gasteiger partial charge in [0.25, 0.3) is 0 Å². The summed E-state index contributed by atoms with van der Waals surface area (Å²) in [6, 6.07) is 8.26. The maximum absolute atomic E-state index is 12.7. The fourth-order valence-electron chi connectivity index (χ4n) is 4.87. The number of halogens is 1. The number of hydrogen-bond donors (Lipinski definition) is 1. The van der Waals surface area contributed by atoms with Crippen molar-refractivity contribution >= 4 is 45.8 Å². The number of hydrogen-bond acceptors (Lipinski definition) is 7. The van der Waals surface area contributed by atoms with Crippen molar-refractivity contribution in [2.45, 2.75) is 43.2 Å². The highest BCUT2D eigenvalue weighted by Gasteiger charge is 2.32. The number of likely N-dealkylation sites (tertiary alicyclic amines) is 1. The Hall–Kier alpha value is -2.39. The quantitative estimate of drug-likeness (QED) is 0.708. The fraction of sp³-hybridized carbons (Fsp3) is 0.522. The topological polar surface area (TPSA) is 81.7 Å². The van der Waals surface area contributed by atoms with Crippen molar-refractivity contribution in [3.05, 3.63) is 35.0 Å². The SMILES string of the molecule is C[C@H]1CN(c2ccc(Cl)cc2)CCN1c1nc2c(c(N[C@@H]3CCC(=O)N(C)C3)n1)S(=O)CC2. The molecule has 2 saturated heterocycles. The number of piperazine rings is 1. The number of anilines is 3. The Morgan fingerprint density at radius 2 is 1.91 bits per heavy atom. The van der Waals surface area contributed by atoms with Gasteiger partial charge in [0.1, 0.15) is 10.7 Å². The van der Waals surface area contributed by atoms with E-state index in [-0.39, 0.29) is 18.0 Å². The van der Waals surface area contributed by atoms with Crippen molar-refractivity contribution in [2.24, 2.45) is 0 Å². The molecule has 2 aromatic rings. The van der Waals surface area contributed by atoms with Gasteiger partial charge in [0.2, 0.25) is 11.9 Å². The molecular formula is C23H29ClN6O2S. The minimum absolute atomic E-state index is 0.0938. The largest absolute Gasteiger partial charge is 0.368 e. The number of benzene rings is 1. The van der Waals surface area contributed by atoms with E-state index in [1.165, 1.54) is 0 Å². The van der Waals surface area contributed by atoms with Crippen LogP contribution >= 0.6 is 11.6 Å². The third kappa shape index (κ3) is 4.53. The Balaban J connectivity index is 1.37. The summed E-state index contributed by atoms with van der Waals surface area (Å²) in [5, 5.41) is 4.25. The van der Waals surface area contributed by atoms with Crippen molar-refractivity contribution < 1.29 is 9.00 Å². The van der Waals surface area contributed by atoms with Crippen molar-refractivity contribution in [3.63, 3.8) is 0 Å². The Bertz CT molecular complexity index is 1080. The molecule has 1 unspecified atom stereocenters. The van der Waals surface area contributed by atoms with Crippen molar-refractivity contribution in [2.75, 3.05) is 54.1 Å². The van der Waals surface area contributed by atoms with Gasteiger partial charge in [-0.1, -0.05) is 11.6 Å². The zero-order chi connectivity index (χ0) is 23.1. The minimum Gasteiger partial charge on any atom is -0.368 e. The second kappa shape index (κ2) is 9.10. The van der Waals surface area contributed by atoms with Crippen LogP contribution in [0.25, 0.3) is 0 Å². The molecule has 0 aliphatic carbocycles. The Morgan fingerprint density at radius 1 is 1.12 bits per heavy atom. The molecule has 5 rings (SSSR count). The van der Waals surface area contributed by atoms with Crippen molar-refractivity contribution in [1.29, 1.82) is 0 Å². The maximum atomic E-state index is 12.7. The van der Waals surface area contributed by atoms with E-state index in [1.54, 1.807) is 4.90 Å². The first-order chi connectivity index (χ1) is 15.9. The van der Waals surface area contributed by atoms with Crippen LogP contribution in [0.15, 0.2) is 29.2 Å². The van der Waals surface area contributed by atoms with Gasteiger partial charge in [-0.15, -0.1) is 0 Å². The molecule has 176 valence electrons. The van der Waals surface area contributed by atoms with Gasteiger partial charge in [-0.05, 0) is 37.6 Å². The van der Waals surface area contributed by atoms with Crippen LogP contribution in [0, 0.1) is 0 Å². The van der Waals surface area contributed by atoms with Gasteiger partial charge in [-0.25, -0.2) is 4.98 Å². The zero-order valence-electron chi connectivity index (χ0n) is 19.0. The summed E-state index contributed by atoms with van der Waals surface area (Å²) in [5.41, 5.74) is 2.04. The number of carbonyl (C=O) groups is 1. The first-order valence-corrected chi connectivity index (χ1v) is 13.2. The van der Waals surface area contributed by atoms with E-state index in [2.05, 4.69) is 34.2 Å². The van der Waals surface area contributed by atoms with Crippen LogP contribution in [0.4, 0.5) is 17.5 Å². The third-order valence-electron chi connectivity index (χ3n) is 6.72. The Kier molecular flexibility index (Phi) is 6.18. The summed E-state index contributed by atoms with van der Waals surface area (Å²) in [4.78, 5) is 28.7. The summed E-state index contributed by atoms with van der Waals surface area (Å²) in [6.45, 7) is 5.32. The van der Waals surface area contributed by atoms with Crippen LogP contribution in [0.5, 0.6) is 0 Å². The van der Waals surface area contributed by atoms with Gasteiger partial charge in [-0.2, -0.15) is 4.98 Å². The maximum Gasteiger partial charge on any atom is 0.227 e. The number of piperidine rings is 1. The fourth-order valence-corrected chi connectivity index (χ4v) is 6.31. The monoisotopic (exact) mass is 488 g/mol. The number of nitrogens with one attached hydrogen (secondary N) is 1. The van der Waals surface area contributed by atoms with E-state index in [1.807, 2.05) is 19.2 Å². The predicted octanol–water partition coefficient (Wildman–Crippen LogP) is 2.54. The molecule has 33 heavy (non-hydrogen) atoms. The van der Waals surface area contributed by atoms with Gasteiger partial charge in [0, 0.05) is 74.6 Å². The number of rotatable bonds is 4. The van der Waals surface area contributed by atoms with Crippen LogP contribution in [-0.4, -0.2) is 76.0 Å². The van der Waals surface area contributed by atoms with E-state index in [0.29, 0.717) is 36.9 Å². The first kappa shape index (κ1) is 22.4. The molecule has 1 aromatic carbocycles. The molecule has 0 spiro atoms. The standard InChI is InChI=1S/C23H29ClN6O2S/c1-15-13-29(18-6-3-16(24)4-7-18)10-11-30(15)23-26-19-9-12-33(32)21(19)22(27-23)25-17-5-8-20(31)28(2)14-17/h3-4,6-7,15,17H,5,8-14H2,1-2H3,(H,25,26,27)/t15-,17+,33?/m0/s1. The second-order valence-corrected chi connectivity index (χ2v) is 11.0. The van der Waals surface area contributed by atoms with Crippen LogP contribution in [0.3, 0.4) is 0 Å². The first-order valence-electron chi connectivity index (χ1n) is 11.5. The molecule has 10 heteroatoms. The average molecular weight is 489 g/mol. The van der Waals surface area contributed by atoms with E-state index >= 15 is 0 Å². The van der Waals surface area contributed by atoms with E-state index in [4.69, 9.17) is 21.6 Å². The lowest BCUT2D eigenvalue weighted by molar-refractivity contribution is -0.132. The molecule has 1 N–H and O–H groups in total. The number of likely N-dealkylation sites (N-methyl/N-ethyl adjacent to an activating group) is 1. The number of amides is 1. The number of nitrogens with zero attached hydrogens (tertiary/aromatic N) is 5. The highest BCUT2D eigenvalue weighted by molar-refractivity contribution is 7.85. The van der Waals surface area contributed by atoms with E-state index in [9.17, 15) is 9.00 Å². The lowest BCUT2D eigenvalue weighted by Gasteiger charge is -2.41. The molecule has 8 nitrogen and oxygen atoms in total. The number of fused-ring (bicyclic) bond motifs is 1. The van der Waals surface area contributed by atoms with Crippen molar-refractivity contribution in [3.8, 4) is 0 Å². The molecule has 1 amide bonds. The molecule has 0 bridgehead atoms. The van der Waals surface area contributed by atoms with Gasteiger partial charge < -0.3 is 20.0 Å². The molecule has 3 atom stereocenters. The van der Waals surface area contributed by atoms with Crippen LogP contribution in [0.2, 0.25) is 5.02 Å². The van der Waals surface area contributed by atoms with Gasteiger partial charge in [-0.3, -0.25) is 9.00 Å². The van der Waals surface area contributed by atoms with E-state index in [0.717, 1.165) is 47.4 Å². The average Bonchev–Trinajstić information content (AvgIpc) is 3.17. The molecule has 0 saturated carbocycles. The molecule has 1 aromatic heterocycles. The summed E-state index contributed by atoms with van der Waals surface area (Å²) >= 11 is 6.05. The van der Waals surface area contributed by atoms with Crippen LogP contribution < -0.4 is 15.1 Å².